The fourth-order valence-corrected chi connectivity index (χ4v) is 2.99. The molecule has 0 aromatic heterocycles. The number of hydrogen-bond donors (Lipinski definition) is 2. The van der Waals surface area contributed by atoms with Crippen molar-refractivity contribution in [1.82, 2.24) is 5.32 Å². The molecule has 1 rings (SSSR count). The first kappa shape index (κ1) is 14.5. The maximum Gasteiger partial charge on any atom is 0.217 e. The van der Waals surface area contributed by atoms with Crippen LogP contribution in [0.4, 0.5) is 0 Å². The molecule has 0 heterocycles. The van der Waals surface area contributed by atoms with Crippen molar-refractivity contribution in [3.8, 4) is 0 Å². The molecule has 100 valence electrons. The second kappa shape index (κ2) is 7.00. The van der Waals surface area contributed by atoms with Crippen LogP contribution in [0, 0.1) is 17.8 Å². The lowest BCUT2D eigenvalue weighted by molar-refractivity contribution is -0.118. The smallest absolute Gasteiger partial charge is 0.217 e. The quantitative estimate of drug-likeness (QED) is 0.700. The van der Waals surface area contributed by atoms with E-state index in [0.29, 0.717) is 12.5 Å². The van der Waals surface area contributed by atoms with E-state index in [1.54, 1.807) is 0 Å². The summed E-state index contributed by atoms with van der Waals surface area (Å²) in [6.45, 7) is 7.90. The predicted octanol–water partition coefficient (Wildman–Crippen LogP) is 2.30. The van der Waals surface area contributed by atoms with E-state index < -0.39 is 0 Å². The minimum absolute atomic E-state index is 0.191. The van der Waals surface area contributed by atoms with Crippen molar-refractivity contribution in [3.05, 3.63) is 0 Å². The highest BCUT2D eigenvalue weighted by molar-refractivity contribution is 5.73. The standard InChI is InChI=1S/C14H28N2O/c1-10(2)12-7-6-11(3)9-13(12)16-8-4-5-14(15)17/h10-13,16H,4-9H2,1-3H3,(H2,15,17). The Balaban J connectivity index is 2.33. The van der Waals surface area contributed by atoms with Gasteiger partial charge in [0.25, 0.3) is 0 Å². The molecule has 0 aromatic rings. The van der Waals surface area contributed by atoms with Crippen LogP contribution in [0.15, 0.2) is 0 Å². The molecule has 0 aliphatic heterocycles. The maximum atomic E-state index is 10.7. The average molecular weight is 240 g/mol. The van der Waals surface area contributed by atoms with Gasteiger partial charge in [-0.3, -0.25) is 4.79 Å². The third-order valence-corrected chi connectivity index (χ3v) is 4.03. The lowest BCUT2D eigenvalue weighted by Gasteiger charge is -2.38. The molecule has 3 N–H and O–H groups in total. The molecular formula is C14H28N2O. The summed E-state index contributed by atoms with van der Waals surface area (Å²) in [5.74, 6) is 2.18. The van der Waals surface area contributed by atoms with E-state index in [9.17, 15) is 4.79 Å². The van der Waals surface area contributed by atoms with E-state index in [4.69, 9.17) is 5.73 Å². The Hall–Kier alpha value is -0.570. The van der Waals surface area contributed by atoms with E-state index in [-0.39, 0.29) is 5.91 Å². The first-order valence-corrected chi connectivity index (χ1v) is 7.02. The monoisotopic (exact) mass is 240 g/mol. The number of carbonyl (C=O) groups excluding carboxylic acids is 1. The van der Waals surface area contributed by atoms with E-state index in [2.05, 4.69) is 26.1 Å². The van der Waals surface area contributed by atoms with Crippen LogP contribution in [0.25, 0.3) is 0 Å². The molecule has 1 fully saturated rings. The number of amides is 1. The Morgan fingerprint density at radius 2 is 2.12 bits per heavy atom. The topological polar surface area (TPSA) is 55.1 Å². The molecule has 3 heteroatoms. The van der Waals surface area contributed by atoms with Gasteiger partial charge in [0, 0.05) is 12.5 Å². The zero-order chi connectivity index (χ0) is 12.8. The number of primary amides is 1. The molecule has 1 aliphatic carbocycles. The lowest BCUT2D eigenvalue weighted by atomic mass is 9.74. The maximum absolute atomic E-state index is 10.7. The number of nitrogens with one attached hydrogen (secondary N) is 1. The van der Waals surface area contributed by atoms with Gasteiger partial charge in [0.1, 0.15) is 0 Å². The summed E-state index contributed by atoms with van der Waals surface area (Å²) in [6.07, 6.45) is 5.35. The van der Waals surface area contributed by atoms with E-state index in [0.717, 1.165) is 30.7 Å². The molecule has 0 radical (unpaired) electrons. The SMILES string of the molecule is CC1CCC(C(C)C)C(NCCCC(N)=O)C1. The minimum atomic E-state index is -0.191. The van der Waals surface area contributed by atoms with Crippen molar-refractivity contribution in [1.29, 1.82) is 0 Å². The normalized spacial score (nSPS) is 29.5. The summed E-state index contributed by atoms with van der Waals surface area (Å²) in [5, 5.41) is 3.63. The van der Waals surface area contributed by atoms with Crippen LogP contribution >= 0.6 is 0 Å². The number of rotatable bonds is 6. The van der Waals surface area contributed by atoms with Gasteiger partial charge in [-0.15, -0.1) is 0 Å². The van der Waals surface area contributed by atoms with Crippen molar-refractivity contribution in [2.24, 2.45) is 23.5 Å². The first-order valence-electron chi connectivity index (χ1n) is 7.02. The highest BCUT2D eigenvalue weighted by Gasteiger charge is 2.29. The van der Waals surface area contributed by atoms with Crippen LogP contribution in [0.1, 0.15) is 52.9 Å². The molecule has 0 aromatic carbocycles. The van der Waals surface area contributed by atoms with Crippen LogP contribution in [0.5, 0.6) is 0 Å². The molecule has 3 unspecified atom stereocenters. The summed E-state index contributed by atoms with van der Waals surface area (Å²) in [6, 6.07) is 0.631. The third-order valence-electron chi connectivity index (χ3n) is 4.03. The van der Waals surface area contributed by atoms with Crippen molar-refractivity contribution in [2.45, 2.75) is 58.9 Å². The predicted molar refractivity (Wildman–Crippen MR) is 71.6 cm³/mol. The average Bonchev–Trinajstić information content (AvgIpc) is 2.23. The Morgan fingerprint density at radius 1 is 1.41 bits per heavy atom. The molecule has 0 spiro atoms. The van der Waals surface area contributed by atoms with Gasteiger partial charge in [0.15, 0.2) is 0 Å². The largest absolute Gasteiger partial charge is 0.370 e. The van der Waals surface area contributed by atoms with Crippen LogP contribution in [0.2, 0.25) is 0 Å². The van der Waals surface area contributed by atoms with Gasteiger partial charge < -0.3 is 11.1 Å². The number of nitrogens with two attached hydrogens (primary N) is 1. The van der Waals surface area contributed by atoms with Gasteiger partial charge in [-0.05, 0) is 43.6 Å². The minimum Gasteiger partial charge on any atom is -0.370 e. The summed E-state index contributed by atoms with van der Waals surface area (Å²) < 4.78 is 0. The second-order valence-electron chi connectivity index (χ2n) is 5.96. The Morgan fingerprint density at radius 3 is 2.71 bits per heavy atom. The molecule has 0 bridgehead atoms. The summed E-state index contributed by atoms with van der Waals surface area (Å²) in [5.41, 5.74) is 5.14. The Bertz CT molecular complexity index is 240. The van der Waals surface area contributed by atoms with Crippen LogP contribution in [-0.4, -0.2) is 18.5 Å². The van der Waals surface area contributed by atoms with Crippen molar-refractivity contribution in [2.75, 3.05) is 6.54 Å². The number of carbonyl (C=O) groups is 1. The Labute approximate surface area is 106 Å². The van der Waals surface area contributed by atoms with Crippen LogP contribution in [-0.2, 0) is 4.79 Å². The van der Waals surface area contributed by atoms with Gasteiger partial charge in [0.2, 0.25) is 5.91 Å². The van der Waals surface area contributed by atoms with Crippen LogP contribution < -0.4 is 11.1 Å². The molecular weight excluding hydrogens is 212 g/mol. The van der Waals surface area contributed by atoms with E-state index >= 15 is 0 Å². The lowest BCUT2D eigenvalue weighted by Crippen LogP contribution is -2.43. The zero-order valence-electron chi connectivity index (χ0n) is 11.5. The fraction of sp³-hybridized carbons (Fsp3) is 0.929. The molecule has 1 aliphatic rings. The van der Waals surface area contributed by atoms with Crippen molar-refractivity contribution >= 4 is 5.91 Å². The molecule has 17 heavy (non-hydrogen) atoms. The summed E-state index contributed by atoms with van der Waals surface area (Å²) in [4.78, 5) is 10.7. The van der Waals surface area contributed by atoms with Gasteiger partial charge >= 0.3 is 0 Å². The molecule has 1 saturated carbocycles. The fourth-order valence-electron chi connectivity index (χ4n) is 2.99. The van der Waals surface area contributed by atoms with Gasteiger partial charge in [0.05, 0.1) is 0 Å². The number of hydrogen-bond acceptors (Lipinski definition) is 2. The summed E-state index contributed by atoms with van der Waals surface area (Å²) in [7, 11) is 0. The molecule has 3 nitrogen and oxygen atoms in total. The molecule has 3 atom stereocenters. The third kappa shape index (κ3) is 5.07. The van der Waals surface area contributed by atoms with Gasteiger partial charge in [-0.1, -0.05) is 27.2 Å². The van der Waals surface area contributed by atoms with E-state index in [1.807, 2.05) is 0 Å². The highest BCUT2D eigenvalue weighted by Crippen LogP contribution is 2.33. The first-order chi connectivity index (χ1) is 8.00. The van der Waals surface area contributed by atoms with Gasteiger partial charge in [-0.25, -0.2) is 0 Å². The van der Waals surface area contributed by atoms with Crippen molar-refractivity contribution in [3.63, 3.8) is 0 Å². The summed E-state index contributed by atoms with van der Waals surface area (Å²) >= 11 is 0. The van der Waals surface area contributed by atoms with E-state index in [1.165, 1.54) is 19.3 Å². The Kier molecular flexibility index (Phi) is 5.96. The second-order valence-corrected chi connectivity index (χ2v) is 5.96. The van der Waals surface area contributed by atoms with Crippen LogP contribution in [0.3, 0.4) is 0 Å². The van der Waals surface area contributed by atoms with Gasteiger partial charge in [-0.2, -0.15) is 0 Å². The van der Waals surface area contributed by atoms with Crippen molar-refractivity contribution < 1.29 is 4.79 Å². The highest BCUT2D eigenvalue weighted by atomic mass is 16.1. The molecule has 0 saturated heterocycles. The molecule has 1 amide bonds. The zero-order valence-corrected chi connectivity index (χ0v) is 11.5.